The van der Waals surface area contributed by atoms with Crippen molar-refractivity contribution in [3.05, 3.63) is 58.9 Å². The van der Waals surface area contributed by atoms with Gasteiger partial charge < -0.3 is 20.7 Å². The summed E-state index contributed by atoms with van der Waals surface area (Å²) in [6.45, 7) is 4.52. The molecule has 214 valence electrons. The third kappa shape index (κ3) is 8.33. The van der Waals surface area contributed by atoms with Crippen molar-refractivity contribution in [1.82, 2.24) is 15.5 Å². The number of hydrogen-bond acceptors (Lipinski definition) is 7. The fourth-order valence-corrected chi connectivity index (χ4v) is 5.61. The molecule has 0 radical (unpaired) electrons. The van der Waals surface area contributed by atoms with Gasteiger partial charge in [-0.3, -0.25) is 19.7 Å². The molecule has 39 heavy (non-hydrogen) atoms. The Labute approximate surface area is 230 Å². The van der Waals surface area contributed by atoms with Gasteiger partial charge in [-0.1, -0.05) is 32.1 Å². The Morgan fingerprint density at radius 1 is 1.18 bits per heavy atom. The number of benzene rings is 1. The van der Waals surface area contributed by atoms with Crippen LogP contribution in [0.1, 0.15) is 32.3 Å². The molecule has 0 spiro atoms. The molecule has 2 amide bonds. The van der Waals surface area contributed by atoms with Crippen LogP contribution in [-0.2, 0) is 25.5 Å². The summed E-state index contributed by atoms with van der Waals surface area (Å²) >= 11 is 1.33. The third-order valence-corrected chi connectivity index (χ3v) is 7.81. The van der Waals surface area contributed by atoms with Crippen molar-refractivity contribution >= 4 is 29.5 Å². The number of hydrogen-bond donors (Lipinski definition) is 3. The Bertz CT molecular complexity index is 1130. The molecule has 1 aromatic rings. The number of halogens is 3. The predicted molar refractivity (Wildman–Crippen MR) is 143 cm³/mol. The first kappa shape index (κ1) is 30.7. The zero-order chi connectivity index (χ0) is 28.7. The summed E-state index contributed by atoms with van der Waals surface area (Å²) in [5.74, 6) is -3.77. The quantitative estimate of drug-likeness (QED) is 0.278. The molecule has 0 bridgehead atoms. The molecular weight excluding hydrogens is 533 g/mol. The molecule has 1 heterocycles. The van der Waals surface area contributed by atoms with Gasteiger partial charge in [0, 0.05) is 43.4 Å². The number of nitrogens with one attached hydrogen (secondary N) is 2. The average molecular weight is 569 g/mol. The minimum atomic E-state index is -1.29. The van der Waals surface area contributed by atoms with Gasteiger partial charge >= 0.3 is 5.97 Å². The Balaban J connectivity index is 1.48. The van der Waals surface area contributed by atoms with Crippen molar-refractivity contribution in [2.45, 2.75) is 56.6 Å². The average Bonchev–Trinajstić information content (AvgIpc) is 3.39. The highest BCUT2D eigenvalue weighted by molar-refractivity contribution is 8.00. The van der Waals surface area contributed by atoms with E-state index in [1.807, 2.05) is 32.1 Å². The lowest BCUT2D eigenvalue weighted by Gasteiger charge is -2.26. The molecule has 3 rings (SSSR count). The lowest BCUT2D eigenvalue weighted by atomic mass is 9.98. The van der Waals surface area contributed by atoms with E-state index >= 15 is 0 Å². The number of carbonyl (C=O) groups is 3. The number of carbonyl (C=O) groups excluding carboxylic acids is 3. The number of nitrogens with zero attached hydrogens (tertiary/aromatic N) is 1. The highest BCUT2D eigenvalue weighted by Gasteiger charge is 2.35. The predicted octanol–water partition coefficient (Wildman–Crippen LogP) is 2.42. The molecule has 0 saturated carbocycles. The highest BCUT2D eigenvalue weighted by atomic mass is 32.2. The summed E-state index contributed by atoms with van der Waals surface area (Å²) < 4.78 is 45.5. The summed E-state index contributed by atoms with van der Waals surface area (Å²) in [5, 5.41) is 5.43. The standard InChI is InChI=1S/C27H35F3N4O4S/c1-15(2)24(27(37)38-3)33-19-6-4-16(5-7-19)14-32-25(36)26-34(8-9-39-26)23(35)12-18(31)10-17-11-21(29)22(30)13-20(17)28/h4-6,11,13,15,18-19,24,26,33H,7-10,12,14,31H2,1-3H3,(H,32,36)/t18-,19?,24-,26+/m1/s1. The Kier molecular flexibility index (Phi) is 11.0. The fourth-order valence-electron chi connectivity index (χ4n) is 4.45. The third-order valence-electron chi connectivity index (χ3n) is 6.60. The topological polar surface area (TPSA) is 114 Å². The van der Waals surface area contributed by atoms with Crippen LogP contribution < -0.4 is 16.4 Å². The van der Waals surface area contributed by atoms with Crippen molar-refractivity contribution in [3.8, 4) is 0 Å². The number of amides is 2. The van der Waals surface area contributed by atoms with E-state index in [1.165, 1.54) is 23.8 Å². The minimum Gasteiger partial charge on any atom is -0.468 e. The second-order valence-corrected chi connectivity index (χ2v) is 11.1. The summed E-state index contributed by atoms with van der Waals surface area (Å²) in [6, 6.07) is -0.107. The molecule has 4 atom stereocenters. The van der Waals surface area contributed by atoms with Crippen LogP contribution in [0.5, 0.6) is 0 Å². The number of ether oxygens (including phenoxy) is 1. The van der Waals surface area contributed by atoms with Crippen molar-refractivity contribution in [3.63, 3.8) is 0 Å². The van der Waals surface area contributed by atoms with E-state index in [0.717, 1.165) is 11.6 Å². The first-order chi connectivity index (χ1) is 18.5. The fraction of sp³-hybridized carbons (Fsp3) is 0.519. The molecule has 4 N–H and O–H groups in total. The maximum absolute atomic E-state index is 13.9. The second kappa shape index (κ2) is 14.0. The maximum atomic E-state index is 13.9. The molecular formula is C27H35F3N4O4S. The highest BCUT2D eigenvalue weighted by Crippen LogP contribution is 2.25. The largest absolute Gasteiger partial charge is 0.468 e. The molecule has 0 aromatic heterocycles. The summed E-state index contributed by atoms with van der Waals surface area (Å²) in [6.07, 6.45) is 6.12. The normalized spacial score (nSPS) is 20.5. The first-order valence-electron chi connectivity index (χ1n) is 12.8. The lowest BCUT2D eigenvalue weighted by molar-refractivity contribution is -0.144. The van der Waals surface area contributed by atoms with Crippen LogP contribution in [0.3, 0.4) is 0 Å². The van der Waals surface area contributed by atoms with Gasteiger partial charge in [0.05, 0.1) is 7.11 Å². The van der Waals surface area contributed by atoms with E-state index in [2.05, 4.69) is 10.6 Å². The van der Waals surface area contributed by atoms with Crippen molar-refractivity contribution in [2.24, 2.45) is 11.7 Å². The van der Waals surface area contributed by atoms with E-state index in [9.17, 15) is 27.6 Å². The van der Waals surface area contributed by atoms with Gasteiger partial charge in [0.1, 0.15) is 11.9 Å². The Morgan fingerprint density at radius 2 is 1.90 bits per heavy atom. The molecule has 2 aliphatic rings. The number of methoxy groups -OCH3 is 1. The first-order valence-corrected chi connectivity index (χ1v) is 13.8. The van der Waals surface area contributed by atoms with E-state index < -0.39 is 34.9 Å². The monoisotopic (exact) mass is 568 g/mol. The molecule has 1 aliphatic heterocycles. The van der Waals surface area contributed by atoms with Crippen LogP contribution in [0.15, 0.2) is 35.9 Å². The zero-order valence-corrected chi connectivity index (χ0v) is 23.0. The smallest absolute Gasteiger partial charge is 0.323 e. The van der Waals surface area contributed by atoms with E-state index in [-0.39, 0.29) is 54.7 Å². The lowest BCUT2D eigenvalue weighted by Crippen LogP contribution is -2.47. The number of nitrogens with two attached hydrogens (primary N) is 1. The van der Waals surface area contributed by atoms with Crippen LogP contribution >= 0.6 is 11.8 Å². The van der Waals surface area contributed by atoms with Crippen LogP contribution in [0.2, 0.25) is 0 Å². The van der Waals surface area contributed by atoms with Crippen LogP contribution in [0.25, 0.3) is 0 Å². The minimum absolute atomic E-state index is 0.0430. The zero-order valence-electron chi connectivity index (χ0n) is 22.2. The Morgan fingerprint density at radius 3 is 2.54 bits per heavy atom. The summed E-state index contributed by atoms with van der Waals surface area (Å²) in [7, 11) is 1.36. The summed E-state index contributed by atoms with van der Waals surface area (Å²) in [5.41, 5.74) is 6.79. The number of thioether (sulfide) groups is 1. The van der Waals surface area contributed by atoms with Crippen LogP contribution in [0, 0.1) is 23.4 Å². The van der Waals surface area contributed by atoms with Gasteiger partial charge in [-0.05, 0) is 36.0 Å². The SMILES string of the molecule is COC(=O)[C@H](NC1C=CC(CNC(=O)[C@@H]2SCCN2C(=O)C[C@H](N)Cc2cc(F)c(F)cc2F)=CC1)C(C)C. The number of esters is 1. The van der Waals surface area contributed by atoms with Crippen molar-refractivity contribution < 1.29 is 32.3 Å². The molecule has 1 unspecified atom stereocenters. The molecule has 8 nitrogen and oxygen atoms in total. The van der Waals surface area contributed by atoms with Gasteiger partial charge in [-0.2, -0.15) is 0 Å². The molecule has 1 aliphatic carbocycles. The Hall–Kier alpha value is -2.83. The van der Waals surface area contributed by atoms with Crippen LogP contribution in [0.4, 0.5) is 13.2 Å². The van der Waals surface area contributed by atoms with Gasteiger partial charge in [0.2, 0.25) is 5.91 Å². The maximum Gasteiger partial charge on any atom is 0.323 e. The molecule has 1 saturated heterocycles. The van der Waals surface area contributed by atoms with Crippen molar-refractivity contribution in [2.75, 3.05) is 26.0 Å². The van der Waals surface area contributed by atoms with Crippen LogP contribution in [-0.4, -0.2) is 72.1 Å². The van der Waals surface area contributed by atoms with E-state index in [0.29, 0.717) is 24.8 Å². The second-order valence-electron chi connectivity index (χ2n) is 9.95. The molecule has 1 fully saturated rings. The summed E-state index contributed by atoms with van der Waals surface area (Å²) in [4.78, 5) is 39.2. The molecule has 1 aromatic carbocycles. The van der Waals surface area contributed by atoms with Crippen molar-refractivity contribution in [1.29, 1.82) is 0 Å². The van der Waals surface area contributed by atoms with Gasteiger partial charge in [0.25, 0.3) is 5.91 Å². The van der Waals surface area contributed by atoms with Gasteiger partial charge in [0.15, 0.2) is 17.0 Å². The number of rotatable bonds is 11. The van der Waals surface area contributed by atoms with E-state index in [4.69, 9.17) is 10.5 Å². The van der Waals surface area contributed by atoms with Gasteiger partial charge in [-0.15, -0.1) is 11.8 Å². The van der Waals surface area contributed by atoms with E-state index in [1.54, 1.807) is 0 Å². The van der Waals surface area contributed by atoms with Gasteiger partial charge in [-0.25, -0.2) is 13.2 Å². The molecule has 12 heteroatoms.